The van der Waals surface area contributed by atoms with E-state index in [9.17, 15) is 0 Å². The highest BCUT2D eigenvalue weighted by molar-refractivity contribution is 8.77. The van der Waals surface area contributed by atoms with E-state index in [1.165, 1.54) is 11.5 Å². The Morgan fingerprint density at radius 2 is 2.00 bits per heavy atom. The fourth-order valence-corrected chi connectivity index (χ4v) is 3.45. The summed E-state index contributed by atoms with van der Waals surface area (Å²) in [5.41, 5.74) is 0. The average molecular weight is 136 g/mol. The van der Waals surface area contributed by atoms with Crippen LogP contribution in [0.15, 0.2) is 0 Å². The molecule has 1 aliphatic rings. The minimum absolute atomic E-state index is 0.898. The van der Waals surface area contributed by atoms with E-state index < -0.39 is 0 Å². The van der Waals surface area contributed by atoms with Crippen LogP contribution in [0, 0.1) is 0 Å². The summed E-state index contributed by atoms with van der Waals surface area (Å²) in [5.74, 6) is 2.67. The first-order valence-electron chi connectivity index (χ1n) is 2.47. The van der Waals surface area contributed by atoms with Crippen LogP contribution in [-0.2, 0) is 0 Å². The predicted molar refractivity (Wildman–Crippen MR) is 36.6 cm³/mol. The van der Waals surface area contributed by atoms with Crippen LogP contribution >= 0.6 is 21.6 Å². The number of nitrogens with two attached hydrogens (primary N) is 1. The molecule has 42 valence electrons. The van der Waals surface area contributed by atoms with Gasteiger partial charge in [-0.3, -0.25) is 0 Å². The Morgan fingerprint density at radius 3 is 2.29 bits per heavy atom. The van der Waals surface area contributed by atoms with Gasteiger partial charge in [0.15, 0.2) is 0 Å². The molecule has 0 aromatic carbocycles. The van der Waals surface area contributed by atoms with Gasteiger partial charge in [0, 0.05) is 0 Å². The van der Waals surface area contributed by atoms with Gasteiger partial charge in [-0.25, -0.2) is 0 Å². The Bertz CT molecular complexity index is 51.7. The molecule has 0 amide bonds. The third-order valence-corrected chi connectivity index (χ3v) is 3.73. The lowest BCUT2D eigenvalue weighted by Gasteiger charge is -1.97. The molecule has 0 saturated carbocycles. The fourth-order valence-electron chi connectivity index (χ4n) is 0.512. The Labute approximate surface area is 52.0 Å². The van der Waals surface area contributed by atoms with Crippen LogP contribution in [0.5, 0.6) is 0 Å². The minimum Gasteiger partial charge on any atom is -0.345 e. The minimum atomic E-state index is 0.898. The highest BCUT2D eigenvalue weighted by Crippen LogP contribution is 2.28. The quantitative estimate of drug-likeness (QED) is 0.509. The number of hydrogen-bond acceptors (Lipinski definition) is 2. The second-order valence-electron chi connectivity index (χ2n) is 1.66. The molecule has 0 bridgehead atoms. The number of rotatable bonds is 1. The van der Waals surface area contributed by atoms with Gasteiger partial charge in [0.2, 0.25) is 0 Å². The second-order valence-corrected chi connectivity index (χ2v) is 4.21. The molecule has 1 saturated heterocycles. The Morgan fingerprint density at radius 1 is 1.43 bits per heavy atom. The van der Waals surface area contributed by atoms with Crippen LogP contribution in [0.4, 0.5) is 0 Å². The third kappa shape index (κ3) is 1.55. The number of hydrogen-bond donors (Lipinski definition) is 1. The zero-order valence-electron chi connectivity index (χ0n) is 4.39. The van der Waals surface area contributed by atoms with Gasteiger partial charge in [-0.1, -0.05) is 21.6 Å². The van der Waals surface area contributed by atoms with Crippen molar-refractivity contribution in [1.82, 2.24) is 0 Å². The van der Waals surface area contributed by atoms with E-state index in [2.05, 4.69) is 12.4 Å². The van der Waals surface area contributed by atoms with Crippen LogP contribution in [0.2, 0.25) is 0 Å². The molecule has 1 rings (SSSR count). The lowest BCUT2D eigenvalue weighted by Crippen LogP contribution is -2.87. The maximum atomic E-state index is 2.30. The SMILES string of the molecule is C[NH2+]C1CSSC1. The maximum Gasteiger partial charge on any atom is 0.106 e. The summed E-state index contributed by atoms with van der Waals surface area (Å²) in [4.78, 5) is 0. The van der Waals surface area contributed by atoms with Gasteiger partial charge >= 0.3 is 0 Å². The zero-order valence-corrected chi connectivity index (χ0v) is 6.02. The van der Waals surface area contributed by atoms with E-state index in [0.29, 0.717) is 0 Å². The lowest BCUT2D eigenvalue weighted by molar-refractivity contribution is -0.653. The molecule has 0 atom stereocenters. The first kappa shape index (κ1) is 5.79. The van der Waals surface area contributed by atoms with Crippen molar-refractivity contribution in [1.29, 1.82) is 0 Å². The normalized spacial score (nSPS) is 23.6. The van der Waals surface area contributed by atoms with Crippen molar-refractivity contribution >= 4 is 21.6 Å². The van der Waals surface area contributed by atoms with Crippen molar-refractivity contribution in [2.45, 2.75) is 6.04 Å². The predicted octanol–water partition coefficient (Wildman–Crippen LogP) is -0.0568. The Hall–Kier alpha value is 0.660. The lowest BCUT2D eigenvalue weighted by atomic mass is 10.4. The monoisotopic (exact) mass is 136 g/mol. The molecule has 0 unspecified atom stereocenters. The van der Waals surface area contributed by atoms with Crippen molar-refractivity contribution < 1.29 is 5.32 Å². The van der Waals surface area contributed by atoms with E-state index in [4.69, 9.17) is 0 Å². The molecular formula is C4H10NS2+. The van der Waals surface area contributed by atoms with Gasteiger partial charge in [-0.2, -0.15) is 0 Å². The summed E-state index contributed by atoms with van der Waals surface area (Å²) < 4.78 is 0. The Balaban J connectivity index is 2.14. The second kappa shape index (κ2) is 2.84. The van der Waals surface area contributed by atoms with Crippen LogP contribution in [0.1, 0.15) is 0 Å². The maximum absolute atomic E-state index is 2.30. The summed E-state index contributed by atoms with van der Waals surface area (Å²) in [6, 6.07) is 0.898. The van der Waals surface area contributed by atoms with Crippen LogP contribution in [-0.4, -0.2) is 24.6 Å². The van der Waals surface area contributed by atoms with E-state index in [1.807, 2.05) is 21.6 Å². The third-order valence-electron chi connectivity index (χ3n) is 1.12. The van der Waals surface area contributed by atoms with Gasteiger partial charge in [0.1, 0.15) is 6.04 Å². The van der Waals surface area contributed by atoms with E-state index in [-0.39, 0.29) is 0 Å². The molecule has 1 nitrogen and oxygen atoms in total. The summed E-state index contributed by atoms with van der Waals surface area (Å²) in [6.45, 7) is 0. The van der Waals surface area contributed by atoms with Crippen LogP contribution < -0.4 is 5.32 Å². The summed E-state index contributed by atoms with van der Waals surface area (Å²) >= 11 is 0. The standard InChI is InChI=1S/C4H9NS2/c1-5-4-2-6-7-3-4/h4-5H,2-3H2,1H3/p+1. The molecule has 0 radical (unpaired) electrons. The average Bonchev–Trinajstić information content (AvgIpc) is 2.14. The Kier molecular flexibility index (Phi) is 2.35. The van der Waals surface area contributed by atoms with Crippen molar-refractivity contribution in [2.75, 3.05) is 18.6 Å². The van der Waals surface area contributed by atoms with E-state index in [1.54, 1.807) is 0 Å². The highest BCUT2D eigenvalue weighted by Gasteiger charge is 2.16. The van der Waals surface area contributed by atoms with Crippen molar-refractivity contribution in [2.24, 2.45) is 0 Å². The molecule has 1 aliphatic heterocycles. The first-order chi connectivity index (χ1) is 3.43. The van der Waals surface area contributed by atoms with Crippen molar-refractivity contribution in [3.05, 3.63) is 0 Å². The molecular weight excluding hydrogens is 126 g/mol. The van der Waals surface area contributed by atoms with Crippen molar-refractivity contribution in [3.63, 3.8) is 0 Å². The fraction of sp³-hybridized carbons (Fsp3) is 1.00. The summed E-state index contributed by atoms with van der Waals surface area (Å²) in [7, 11) is 6.13. The molecule has 1 heterocycles. The highest BCUT2D eigenvalue weighted by atomic mass is 33.1. The molecule has 0 spiro atoms. The largest absolute Gasteiger partial charge is 0.345 e. The van der Waals surface area contributed by atoms with Crippen molar-refractivity contribution in [3.8, 4) is 0 Å². The summed E-state index contributed by atoms with van der Waals surface area (Å²) in [5, 5.41) is 2.30. The molecule has 3 heteroatoms. The molecule has 7 heavy (non-hydrogen) atoms. The molecule has 1 fully saturated rings. The van der Waals surface area contributed by atoms with Gasteiger partial charge < -0.3 is 5.32 Å². The van der Waals surface area contributed by atoms with Crippen LogP contribution in [0.25, 0.3) is 0 Å². The van der Waals surface area contributed by atoms with Gasteiger partial charge in [0.25, 0.3) is 0 Å². The van der Waals surface area contributed by atoms with Crippen LogP contribution in [0.3, 0.4) is 0 Å². The van der Waals surface area contributed by atoms with Gasteiger partial charge in [-0.15, -0.1) is 0 Å². The van der Waals surface area contributed by atoms with Gasteiger partial charge in [-0.05, 0) is 0 Å². The van der Waals surface area contributed by atoms with Gasteiger partial charge in [0.05, 0.1) is 18.6 Å². The smallest absolute Gasteiger partial charge is 0.106 e. The molecule has 0 aromatic heterocycles. The zero-order chi connectivity index (χ0) is 5.11. The first-order valence-corrected chi connectivity index (χ1v) is 4.96. The summed E-state index contributed by atoms with van der Waals surface area (Å²) in [6.07, 6.45) is 0. The molecule has 0 aromatic rings. The number of quaternary nitrogens is 1. The molecule has 0 aliphatic carbocycles. The molecule has 2 N–H and O–H groups in total. The van der Waals surface area contributed by atoms with E-state index >= 15 is 0 Å². The topological polar surface area (TPSA) is 16.6 Å². The van der Waals surface area contributed by atoms with E-state index in [0.717, 1.165) is 6.04 Å².